The van der Waals surface area contributed by atoms with Gasteiger partial charge in [0.2, 0.25) is 5.56 Å². The lowest BCUT2D eigenvalue weighted by Gasteiger charge is -2.45. The first-order chi connectivity index (χ1) is 14.1. The summed E-state index contributed by atoms with van der Waals surface area (Å²) in [6.45, 7) is 6.47. The summed E-state index contributed by atoms with van der Waals surface area (Å²) in [4.78, 5) is 20.1. The molecule has 1 heterocycles. The molecule has 3 heteroatoms. The molecule has 2 aliphatic rings. The Morgan fingerprint density at radius 1 is 1.24 bits per heavy atom. The second kappa shape index (κ2) is 7.82. The lowest BCUT2D eigenvalue weighted by atomic mass is 9.63. The van der Waals surface area contributed by atoms with E-state index in [2.05, 4.69) is 68.2 Å². The van der Waals surface area contributed by atoms with Crippen molar-refractivity contribution in [2.75, 3.05) is 0 Å². The van der Waals surface area contributed by atoms with Gasteiger partial charge in [-0.2, -0.15) is 0 Å². The number of aromatic nitrogens is 1. The summed E-state index contributed by atoms with van der Waals surface area (Å²) < 4.78 is 0. The van der Waals surface area contributed by atoms with Crippen molar-refractivity contribution < 1.29 is 0 Å². The third-order valence-corrected chi connectivity index (χ3v) is 6.17. The zero-order valence-corrected chi connectivity index (χ0v) is 17.4. The molecule has 0 saturated carbocycles. The summed E-state index contributed by atoms with van der Waals surface area (Å²) in [6.07, 6.45) is 13.4. The summed E-state index contributed by atoms with van der Waals surface area (Å²) >= 11 is 0. The van der Waals surface area contributed by atoms with E-state index >= 15 is 0 Å². The van der Waals surface area contributed by atoms with Crippen molar-refractivity contribution in [3.05, 3.63) is 98.5 Å². The van der Waals surface area contributed by atoms with E-state index in [1.165, 1.54) is 22.3 Å². The minimum Gasteiger partial charge on any atom is -0.326 e. The number of pyridine rings is 1. The zero-order valence-electron chi connectivity index (χ0n) is 17.4. The van der Waals surface area contributed by atoms with Gasteiger partial charge in [-0.1, -0.05) is 55.0 Å². The number of nitrogens with one attached hydrogen (secondary N) is 1. The van der Waals surface area contributed by atoms with Crippen LogP contribution in [0.2, 0.25) is 0 Å². The molecular weight excluding hydrogens is 356 g/mol. The van der Waals surface area contributed by atoms with Gasteiger partial charge in [0.25, 0.3) is 0 Å². The number of nitrogens with zero attached hydrogens (tertiary/aromatic N) is 1. The van der Waals surface area contributed by atoms with Crippen molar-refractivity contribution in [1.29, 1.82) is 0 Å². The standard InChI is InChI=1S/C26H28N2O/c1-4-19-9-6-7-10-20(19)11-8-14-27-26-17-18(3)15-21(22(26)5-2)16-24-23(26)12-13-25(29)28-24/h5-15,21H,4,16-17H2,1-3H3,(H,28,29)/b11-8+,22-5+,27-14+. The van der Waals surface area contributed by atoms with Crippen LogP contribution in [0.4, 0.5) is 0 Å². The second-order valence-corrected chi connectivity index (χ2v) is 8.01. The summed E-state index contributed by atoms with van der Waals surface area (Å²) in [5.74, 6) is 0.293. The van der Waals surface area contributed by atoms with Gasteiger partial charge in [0.1, 0.15) is 5.54 Å². The zero-order chi connectivity index (χ0) is 20.4. The maximum absolute atomic E-state index is 11.9. The van der Waals surface area contributed by atoms with Crippen LogP contribution in [-0.4, -0.2) is 11.2 Å². The highest BCUT2D eigenvalue weighted by atomic mass is 16.1. The molecule has 2 bridgehead atoms. The molecule has 2 unspecified atom stereocenters. The molecule has 4 rings (SSSR count). The summed E-state index contributed by atoms with van der Waals surface area (Å²) in [7, 11) is 0. The van der Waals surface area contributed by atoms with Gasteiger partial charge < -0.3 is 4.98 Å². The van der Waals surface area contributed by atoms with E-state index in [0.29, 0.717) is 5.92 Å². The average molecular weight is 385 g/mol. The molecule has 1 N–H and O–H groups in total. The third kappa shape index (κ3) is 3.46. The molecule has 3 nitrogen and oxygen atoms in total. The van der Waals surface area contributed by atoms with Crippen LogP contribution in [0.15, 0.2) is 75.6 Å². The molecular formula is C26H28N2O. The first-order valence-corrected chi connectivity index (χ1v) is 10.4. The molecule has 0 saturated heterocycles. The van der Waals surface area contributed by atoms with E-state index in [-0.39, 0.29) is 5.56 Å². The second-order valence-electron chi connectivity index (χ2n) is 8.01. The lowest BCUT2D eigenvalue weighted by molar-refractivity contribution is 0.413. The van der Waals surface area contributed by atoms with Gasteiger partial charge in [-0.05, 0) is 55.5 Å². The number of hydrogen-bond acceptors (Lipinski definition) is 2. The highest BCUT2D eigenvalue weighted by Crippen LogP contribution is 2.51. The molecule has 0 amide bonds. The number of H-pyrrole nitrogens is 1. The predicted molar refractivity (Wildman–Crippen MR) is 121 cm³/mol. The fraction of sp³-hybridized carbons (Fsp3) is 0.308. The third-order valence-electron chi connectivity index (χ3n) is 6.17. The highest BCUT2D eigenvalue weighted by Gasteiger charge is 2.46. The van der Waals surface area contributed by atoms with Crippen LogP contribution < -0.4 is 5.56 Å². The first kappa shape index (κ1) is 19.4. The SMILES string of the molecule is C/C=C1\C2C=C(C)CC1(/N=C/C=C/c1ccccc1CC)c1ccc(=O)[nH]c1C2. The van der Waals surface area contributed by atoms with Gasteiger partial charge in [0, 0.05) is 35.9 Å². The van der Waals surface area contributed by atoms with Gasteiger partial charge in [-0.3, -0.25) is 9.79 Å². The Morgan fingerprint density at radius 2 is 2.07 bits per heavy atom. The normalized spacial score (nSPS) is 24.9. The van der Waals surface area contributed by atoms with Crippen LogP contribution >= 0.6 is 0 Å². The quantitative estimate of drug-likeness (QED) is 0.558. The minimum absolute atomic E-state index is 0.0401. The van der Waals surface area contributed by atoms with Crippen LogP contribution in [0.1, 0.15) is 49.6 Å². The molecule has 2 atom stereocenters. The number of aromatic amines is 1. The van der Waals surface area contributed by atoms with Crippen molar-refractivity contribution in [3.63, 3.8) is 0 Å². The van der Waals surface area contributed by atoms with E-state index in [1.54, 1.807) is 6.07 Å². The first-order valence-electron chi connectivity index (χ1n) is 10.4. The highest BCUT2D eigenvalue weighted by molar-refractivity contribution is 5.80. The van der Waals surface area contributed by atoms with Crippen LogP contribution in [0.3, 0.4) is 0 Å². The van der Waals surface area contributed by atoms with E-state index in [1.807, 2.05) is 18.4 Å². The molecule has 0 spiro atoms. The Kier molecular flexibility index (Phi) is 5.23. The minimum atomic E-state index is -0.426. The summed E-state index contributed by atoms with van der Waals surface area (Å²) in [5, 5.41) is 0. The number of allylic oxidation sites excluding steroid dienone is 3. The molecule has 148 valence electrons. The largest absolute Gasteiger partial charge is 0.326 e. The van der Waals surface area contributed by atoms with Gasteiger partial charge in [0.15, 0.2) is 0 Å². The van der Waals surface area contributed by atoms with E-state index in [0.717, 1.165) is 30.5 Å². The monoisotopic (exact) mass is 384 g/mol. The smallest absolute Gasteiger partial charge is 0.248 e. The molecule has 0 aliphatic heterocycles. The van der Waals surface area contributed by atoms with Crippen molar-refractivity contribution in [1.82, 2.24) is 4.98 Å². The summed E-state index contributed by atoms with van der Waals surface area (Å²) in [5.41, 5.74) is 6.95. The van der Waals surface area contributed by atoms with Crippen LogP contribution in [0.5, 0.6) is 0 Å². The number of aryl methyl sites for hydroxylation is 1. The van der Waals surface area contributed by atoms with E-state index in [4.69, 9.17) is 4.99 Å². The molecule has 29 heavy (non-hydrogen) atoms. The van der Waals surface area contributed by atoms with Crippen LogP contribution in [0, 0.1) is 5.92 Å². The lowest BCUT2D eigenvalue weighted by Crippen LogP contribution is -2.40. The van der Waals surface area contributed by atoms with E-state index < -0.39 is 5.54 Å². The predicted octanol–water partition coefficient (Wildman–Crippen LogP) is 5.39. The van der Waals surface area contributed by atoms with Crippen molar-refractivity contribution in [2.24, 2.45) is 10.9 Å². The van der Waals surface area contributed by atoms with Gasteiger partial charge >= 0.3 is 0 Å². The Bertz CT molecular complexity index is 1100. The number of benzene rings is 1. The maximum Gasteiger partial charge on any atom is 0.248 e. The fourth-order valence-electron chi connectivity index (χ4n) is 4.99. The Balaban J connectivity index is 1.77. The molecule has 2 aromatic rings. The van der Waals surface area contributed by atoms with Crippen molar-refractivity contribution in [3.8, 4) is 0 Å². The number of hydrogen-bond donors (Lipinski definition) is 1. The van der Waals surface area contributed by atoms with Crippen molar-refractivity contribution >= 4 is 12.3 Å². The fourth-order valence-corrected chi connectivity index (χ4v) is 4.99. The molecule has 1 aromatic heterocycles. The topological polar surface area (TPSA) is 45.2 Å². The van der Waals surface area contributed by atoms with Gasteiger partial charge in [-0.15, -0.1) is 0 Å². The van der Waals surface area contributed by atoms with Gasteiger partial charge in [0.05, 0.1) is 0 Å². The molecule has 0 fully saturated rings. The Morgan fingerprint density at radius 3 is 2.86 bits per heavy atom. The van der Waals surface area contributed by atoms with Crippen LogP contribution in [-0.2, 0) is 18.4 Å². The number of fused-ring (bicyclic) bond motifs is 4. The number of aliphatic imine (C=N–C) groups is 1. The van der Waals surface area contributed by atoms with Crippen LogP contribution in [0.25, 0.3) is 6.08 Å². The van der Waals surface area contributed by atoms with E-state index in [9.17, 15) is 4.79 Å². The van der Waals surface area contributed by atoms with Gasteiger partial charge in [-0.25, -0.2) is 0 Å². The Labute approximate surface area is 172 Å². The molecule has 0 radical (unpaired) electrons. The number of rotatable bonds is 4. The maximum atomic E-state index is 11.9. The Hall–Kier alpha value is -2.94. The van der Waals surface area contributed by atoms with Crippen molar-refractivity contribution in [2.45, 2.75) is 45.6 Å². The molecule has 2 aliphatic carbocycles. The molecule has 1 aromatic carbocycles. The average Bonchev–Trinajstić information content (AvgIpc) is 2.70. The summed E-state index contributed by atoms with van der Waals surface area (Å²) in [6, 6.07) is 12.1.